The van der Waals surface area contributed by atoms with Crippen LogP contribution < -0.4 is 5.73 Å². The van der Waals surface area contributed by atoms with Crippen LogP contribution in [0.4, 0.5) is 0 Å². The summed E-state index contributed by atoms with van der Waals surface area (Å²) >= 11 is 0. The molecule has 1 aromatic heterocycles. The maximum Gasteiger partial charge on any atom is 0.320 e. The molecular formula is C14H17N3O2. The van der Waals surface area contributed by atoms with Crippen LogP contribution >= 0.6 is 0 Å². The summed E-state index contributed by atoms with van der Waals surface area (Å²) in [5, 5.41) is 13.2. The van der Waals surface area contributed by atoms with E-state index < -0.39 is 12.0 Å². The number of nitrogens with zero attached hydrogens (tertiary/aromatic N) is 2. The van der Waals surface area contributed by atoms with Gasteiger partial charge in [-0.1, -0.05) is 12.1 Å². The Bertz CT molecular complexity index is 587. The smallest absolute Gasteiger partial charge is 0.320 e. The fourth-order valence-electron chi connectivity index (χ4n) is 2.00. The molecular weight excluding hydrogens is 242 g/mol. The molecule has 0 aliphatic heterocycles. The van der Waals surface area contributed by atoms with E-state index in [1.54, 1.807) is 0 Å². The number of carboxylic acid groups (broad SMARTS) is 1. The molecule has 1 aromatic carbocycles. The van der Waals surface area contributed by atoms with Gasteiger partial charge >= 0.3 is 5.97 Å². The molecule has 0 spiro atoms. The maximum atomic E-state index is 10.7. The summed E-state index contributed by atoms with van der Waals surface area (Å²) in [7, 11) is 0. The van der Waals surface area contributed by atoms with Crippen LogP contribution in [-0.4, -0.2) is 26.9 Å². The van der Waals surface area contributed by atoms with Crippen molar-refractivity contribution in [1.29, 1.82) is 0 Å². The Morgan fingerprint density at radius 2 is 2.00 bits per heavy atom. The summed E-state index contributed by atoms with van der Waals surface area (Å²) in [6.45, 7) is 3.94. The van der Waals surface area contributed by atoms with Gasteiger partial charge in [0.25, 0.3) is 0 Å². The predicted molar refractivity (Wildman–Crippen MR) is 72.4 cm³/mol. The van der Waals surface area contributed by atoms with Crippen molar-refractivity contribution in [1.82, 2.24) is 9.78 Å². The number of nitrogens with two attached hydrogens (primary N) is 1. The monoisotopic (exact) mass is 259 g/mol. The molecule has 1 heterocycles. The normalized spacial score (nSPS) is 12.4. The SMILES string of the molecule is Cc1cc(C)n(-c2ccc(CC(N)C(=O)O)cc2)n1. The lowest BCUT2D eigenvalue weighted by atomic mass is 10.1. The third-order valence-corrected chi connectivity index (χ3v) is 2.96. The molecule has 1 unspecified atom stereocenters. The van der Waals surface area contributed by atoms with Crippen LogP contribution in [0.15, 0.2) is 30.3 Å². The Balaban J connectivity index is 2.19. The topological polar surface area (TPSA) is 81.1 Å². The van der Waals surface area contributed by atoms with Crippen molar-refractivity contribution in [3.63, 3.8) is 0 Å². The van der Waals surface area contributed by atoms with Gasteiger partial charge in [0.05, 0.1) is 11.4 Å². The average Bonchev–Trinajstić information content (AvgIpc) is 2.69. The minimum Gasteiger partial charge on any atom is -0.480 e. The second kappa shape index (κ2) is 5.24. The Kier molecular flexibility index (Phi) is 3.66. The zero-order valence-electron chi connectivity index (χ0n) is 11.0. The van der Waals surface area contributed by atoms with Gasteiger partial charge in [0, 0.05) is 5.69 Å². The van der Waals surface area contributed by atoms with Crippen molar-refractivity contribution in [3.05, 3.63) is 47.3 Å². The summed E-state index contributed by atoms with van der Waals surface area (Å²) in [4.78, 5) is 10.7. The molecule has 0 saturated carbocycles. The number of benzene rings is 1. The highest BCUT2D eigenvalue weighted by Gasteiger charge is 2.12. The van der Waals surface area contributed by atoms with E-state index in [0.29, 0.717) is 6.42 Å². The van der Waals surface area contributed by atoms with Gasteiger partial charge in [0.1, 0.15) is 6.04 Å². The van der Waals surface area contributed by atoms with Crippen LogP contribution in [-0.2, 0) is 11.2 Å². The van der Waals surface area contributed by atoms with Crippen molar-refractivity contribution >= 4 is 5.97 Å². The molecule has 2 aromatic rings. The van der Waals surface area contributed by atoms with Crippen molar-refractivity contribution in [2.45, 2.75) is 26.3 Å². The van der Waals surface area contributed by atoms with E-state index in [1.807, 2.05) is 48.9 Å². The van der Waals surface area contributed by atoms with E-state index >= 15 is 0 Å². The molecule has 3 N–H and O–H groups in total. The number of carbonyl (C=O) groups is 1. The lowest BCUT2D eigenvalue weighted by Crippen LogP contribution is -2.32. The summed E-state index contributed by atoms with van der Waals surface area (Å²) < 4.78 is 1.86. The lowest BCUT2D eigenvalue weighted by molar-refractivity contribution is -0.138. The first-order valence-electron chi connectivity index (χ1n) is 6.08. The molecule has 19 heavy (non-hydrogen) atoms. The molecule has 0 aliphatic rings. The first-order chi connectivity index (χ1) is 8.97. The average molecular weight is 259 g/mol. The fraction of sp³-hybridized carbons (Fsp3) is 0.286. The predicted octanol–water partition coefficient (Wildman–Crippen LogP) is 1.44. The number of carboxylic acids is 1. The van der Waals surface area contributed by atoms with Crippen molar-refractivity contribution < 1.29 is 9.90 Å². The van der Waals surface area contributed by atoms with Gasteiger partial charge in [0.15, 0.2) is 0 Å². The largest absolute Gasteiger partial charge is 0.480 e. The number of rotatable bonds is 4. The van der Waals surface area contributed by atoms with Crippen molar-refractivity contribution in [2.24, 2.45) is 5.73 Å². The Morgan fingerprint density at radius 3 is 2.47 bits per heavy atom. The van der Waals surface area contributed by atoms with Crippen molar-refractivity contribution in [3.8, 4) is 5.69 Å². The summed E-state index contributed by atoms with van der Waals surface area (Å²) in [5.74, 6) is -0.984. The van der Waals surface area contributed by atoms with Crippen LogP contribution in [0.3, 0.4) is 0 Å². The standard InChI is InChI=1S/C14H17N3O2/c1-9-7-10(2)17(16-9)12-5-3-11(4-6-12)8-13(15)14(18)19/h3-7,13H,8,15H2,1-2H3,(H,18,19). The summed E-state index contributed by atoms with van der Waals surface area (Å²) in [5.41, 5.74) is 9.40. The Morgan fingerprint density at radius 1 is 1.37 bits per heavy atom. The number of hydrogen-bond donors (Lipinski definition) is 2. The van der Waals surface area contributed by atoms with Gasteiger partial charge in [-0.05, 0) is 44.0 Å². The quantitative estimate of drug-likeness (QED) is 0.870. The lowest BCUT2D eigenvalue weighted by Gasteiger charge is -2.08. The molecule has 5 nitrogen and oxygen atoms in total. The van der Waals surface area contributed by atoms with Crippen LogP contribution in [0.25, 0.3) is 5.69 Å². The van der Waals surface area contributed by atoms with Gasteiger partial charge < -0.3 is 10.8 Å². The second-order valence-electron chi connectivity index (χ2n) is 4.65. The number of aryl methyl sites for hydroxylation is 2. The Hall–Kier alpha value is -2.14. The van der Waals surface area contributed by atoms with Gasteiger partial charge in [-0.15, -0.1) is 0 Å². The third-order valence-electron chi connectivity index (χ3n) is 2.96. The molecule has 1 atom stereocenters. The molecule has 0 saturated heterocycles. The second-order valence-corrected chi connectivity index (χ2v) is 4.65. The molecule has 0 aliphatic carbocycles. The molecule has 0 fully saturated rings. The zero-order valence-corrected chi connectivity index (χ0v) is 11.0. The van der Waals surface area contributed by atoms with Gasteiger partial charge in [-0.25, -0.2) is 4.68 Å². The first-order valence-corrected chi connectivity index (χ1v) is 6.08. The first kappa shape index (κ1) is 13.3. The van der Waals surface area contributed by atoms with Crippen LogP contribution in [0, 0.1) is 13.8 Å². The van der Waals surface area contributed by atoms with Crippen LogP contribution in [0.1, 0.15) is 17.0 Å². The van der Waals surface area contributed by atoms with Crippen LogP contribution in [0.2, 0.25) is 0 Å². The van der Waals surface area contributed by atoms with E-state index in [2.05, 4.69) is 5.10 Å². The fourth-order valence-corrected chi connectivity index (χ4v) is 2.00. The zero-order chi connectivity index (χ0) is 14.0. The Labute approximate surface area is 111 Å². The molecule has 5 heteroatoms. The number of aliphatic carboxylic acids is 1. The highest BCUT2D eigenvalue weighted by molar-refractivity contribution is 5.73. The molecule has 0 radical (unpaired) electrons. The van der Waals surface area contributed by atoms with Crippen LogP contribution in [0.5, 0.6) is 0 Å². The maximum absolute atomic E-state index is 10.7. The summed E-state index contributed by atoms with van der Waals surface area (Å²) in [6.07, 6.45) is 0.326. The minimum absolute atomic E-state index is 0.326. The third kappa shape index (κ3) is 3.00. The number of aromatic nitrogens is 2. The molecule has 0 bridgehead atoms. The van der Waals surface area contributed by atoms with E-state index in [0.717, 1.165) is 22.6 Å². The van der Waals surface area contributed by atoms with Gasteiger partial charge in [0.2, 0.25) is 0 Å². The summed E-state index contributed by atoms with van der Waals surface area (Å²) in [6, 6.07) is 8.75. The number of hydrogen-bond acceptors (Lipinski definition) is 3. The molecule has 100 valence electrons. The van der Waals surface area contributed by atoms with Gasteiger partial charge in [-0.3, -0.25) is 4.79 Å². The van der Waals surface area contributed by atoms with Gasteiger partial charge in [-0.2, -0.15) is 5.10 Å². The van der Waals surface area contributed by atoms with E-state index in [9.17, 15) is 4.79 Å². The van der Waals surface area contributed by atoms with E-state index in [4.69, 9.17) is 10.8 Å². The highest BCUT2D eigenvalue weighted by Crippen LogP contribution is 2.13. The van der Waals surface area contributed by atoms with E-state index in [1.165, 1.54) is 0 Å². The molecule has 0 amide bonds. The van der Waals surface area contributed by atoms with E-state index in [-0.39, 0.29) is 0 Å². The van der Waals surface area contributed by atoms with Crippen molar-refractivity contribution in [2.75, 3.05) is 0 Å². The molecule has 2 rings (SSSR count). The minimum atomic E-state index is -0.984. The highest BCUT2D eigenvalue weighted by atomic mass is 16.4.